The van der Waals surface area contributed by atoms with Crippen LogP contribution < -0.4 is 11.1 Å². The van der Waals surface area contributed by atoms with Gasteiger partial charge in [-0.3, -0.25) is 5.10 Å². The first kappa shape index (κ1) is 7.53. The van der Waals surface area contributed by atoms with Gasteiger partial charge in [0.05, 0.1) is 11.9 Å². The van der Waals surface area contributed by atoms with Gasteiger partial charge in [0.25, 0.3) is 0 Å². The van der Waals surface area contributed by atoms with Crippen LogP contribution in [0.2, 0.25) is 0 Å². The molecule has 0 spiro atoms. The molecule has 6 heteroatoms. The highest BCUT2D eigenvalue weighted by Crippen LogP contribution is 2.12. The molecule has 0 aromatic carbocycles. The van der Waals surface area contributed by atoms with E-state index in [1.807, 2.05) is 0 Å². The largest absolute Gasteiger partial charge is 0.384 e. The van der Waals surface area contributed by atoms with E-state index in [1.54, 1.807) is 18.5 Å². The van der Waals surface area contributed by atoms with Gasteiger partial charge in [-0.05, 0) is 0 Å². The Morgan fingerprint density at radius 2 is 2.31 bits per heavy atom. The third kappa shape index (κ3) is 1.73. The summed E-state index contributed by atoms with van der Waals surface area (Å²) >= 11 is 0. The average Bonchev–Trinajstić information content (AvgIpc) is 2.57. The van der Waals surface area contributed by atoms with Gasteiger partial charge in [0.15, 0.2) is 0 Å². The Labute approximate surface area is 74.2 Å². The fraction of sp³-hybridized carbons (Fsp3) is 0. The van der Waals surface area contributed by atoms with Crippen molar-refractivity contribution >= 4 is 17.3 Å². The molecule has 0 saturated heterocycles. The lowest BCUT2D eigenvalue weighted by Crippen LogP contribution is -1.96. The Hall–Kier alpha value is -2.11. The number of rotatable bonds is 2. The lowest BCUT2D eigenvalue weighted by atomic mass is 10.5. The van der Waals surface area contributed by atoms with Crippen LogP contribution in [0.4, 0.5) is 17.3 Å². The smallest absolute Gasteiger partial charge is 0.135 e. The molecule has 0 radical (unpaired) electrons. The standard InChI is InChI=1S/C7H8N6/c8-6-1-7(10-4-9-6)13-5-2-11-12-3-5/h1-4H,(H,11,12)(H3,8,9,10,13). The van der Waals surface area contributed by atoms with Crippen LogP contribution in [0.25, 0.3) is 0 Å². The first-order valence-corrected chi connectivity index (χ1v) is 3.68. The van der Waals surface area contributed by atoms with E-state index in [2.05, 4.69) is 25.5 Å². The zero-order valence-electron chi connectivity index (χ0n) is 6.73. The predicted molar refractivity (Wildman–Crippen MR) is 48.3 cm³/mol. The first-order chi connectivity index (χ1) is 6.34. The number of nitrogens with two attached hydrogens (primary N) is 1. The third-order valence-electron chi connectivity index (χ3n) is 1.46. The summed E-state index contributed by atoms with van der Waals surface area (Å²) in [5.41, 5.74) is 6.30. The second-order valence-electron chi connectivity index (χ2n) is 2.44. The highest BCUT2D eigenvalue weighted by molar-refractivity contribution is 5.55. The minimum Gasteiger partial charge on any atom is -0.384 e. The summed E-state index contributed by atoms with van der Waals surface area (Å²) in [5, 5.41) is 9.46. The van der Waals surface area contributed by atoms with Crippen molar-refractivity contribution in [2.75, 3.05) is 11.1 Å². The summed E-state index contributed by atoms with van der Waals surface area (Å²) < 4.78 is 0. The highest BCUT2D eigenvalue weighted by Gasteiger charge is 1.96. The zero-order valence-corrected chi connectivity index (χ0v) is 6.73. The van der Waals surface area contributed by atoms with Gasteiger partial charge >= 0.3 is 0 Å². The van der Waals surface area contributed by atoms with E-state index in [9.17, 15) is 0 Å². The summed E-state index contributed by atoms with van der Waals surface area (Å²) in [4.78, 5) is 7.74. The van der Waals surface area contributed by atoms with Gasteiger partial charge in [0.1, 0.15) is 18.0 Å². The predicted octanol–water partition coefficient (Wildman–Crippen LogP) is 0.526. The number of nitrogens with zero attached hydrogens (tertiary/aromatic N) is 3. The van der Waals surface area contributed by atoms with Crippen LogP contribution in [0.15, 0.2) is 24.8 Å². The Balaban J connectivity index is 2.19. The molecule has 0 amide bonds. The van der Waals surface area contributed by atoms with Gasteiger partial charge in [0, 0.05) is 12.3 Å². The van der Waals surface area contributed by atoms with Crippen LogP contribution in [0.5, 0.6) is 0 Å². The van der Waals surface area contributed by atoms with E-state index in [0.29, 0.717) is 11.6 Å². The van der Waals surface area contributed by atoms with Crippen molar-refractivity contribution < 1.29 is 0 Å². The number of aromatic nitrogens is 4. The Bertz CT molecular complexity index is 382. The normalized spacial score (nSPS) is 9.85. The van der Waals surface area contributed by atoms with E-state index in [4.69, 9.17) is 5.73 Å². The summed E-state index contributed by atoms with van der Waals surface area (Å²) in [6, 6.07) is 1.65. The molecule has 2 aromatic heterocycles. The molecule has 0 unspecified atom stereocenters. The molecule has 0 saturated carbocycles. The fourth-order valence-electron chi connectivity index (χ4n) is 0.908. The lowest BCUT2D eigenvalue weighted by Gasteiger charge is -2.00. The molecule has 6 nitrogen and oxygen atoms in total. The van der Waals surface area contributed by atoms with E-state index in [-0.39, 0.29) is 0 Å². The molecular formula is C7H8N6. The molecule has 0 aliphatic rings. The quantitative estimate of drug-likeness (QED) is 0.620. The van der Waals surface area contributed by atoms with E-state index >= 15 is 0 Å². The molecule has 4 N–H and O–H groups in total. The monoisotopic (exact) mass is 176 g/mol. The second-order valence-corrected chi connectivity index (χ2v) is 2.44. The van der Waals surface area contributed by atoms with Gasteiger partial charge < -0.3 is 11.1 Å². The number of H-pyrrole nitrogens is 1. The molecule has 0 bridgehead atoms. The van der Waals surface area contributed by atoms with Crippen molar-refractivity contribution in [1.29, 1.82) is 0 Å². The lowest BCUT2D eigenvalue weighted by molar-refractivity contribution is 1.09. The Morgan fingerprint density at radius 3 is 3.00 bits per heavy atom. The Kier molecular flexibility index (Phi) is 1.79. The molecule has 2 aromatic rings. The number of hydrogen-bond acceptors (Lipinski definition) is 5. The van der Waals surface area contributed by atoms with Gasteiger partial charge in [-0.1, -0.05) is 0 Å². The van der Waals surface area contributed by atoms with Crippen LogP contribution in [0.1, 0.15) is 0 Å². The summed E-state index contributed by atoms with van der Waals surface area (Å²) in [7, 11) is 0. The summed E-state index contributed by atoms with van der Waals surface area (Å²) in [6.07, 6.45) is 4.77. The van der Waals surface area contributed by atoms with Gasteiger partial charge in [-0.15, -0.1) is 0 Å². The molecule has 0 aliphatic heterocycles. The number of nitrogen functional groups attached to an aromatic ring is 1. The first-order valence-electron chi connectivity index (χ1n) is 3.68. The van der Waals surface area contributed by atoms with Crippen molar-refractivity contribution in [3.63, 3.8) is 0 Å². The van der Waals surface area contributed by atoms with E-state index in [0.717, 1.165) is 5.69 Å². The van der Waals surface area contributed by atoms with E-state index in [1.165, 1.54) is 6.33 Å². The maximum absolute atomic E-state index is 5.47. The molecule has 0 atom stereocenters. The molecule has 2 heterocycles. The zero-order chi connectivity index (χ0) is 9.10. The topological polar surface area (TPSA) is 92.5 Å². The van der Waals surface area contributed by atoms with Crippen molar-refractivity contribution in [3.8, 4) is 0 Å². The van der Waals surface area contributed by atoms with Gasteiger partial charge in [0.2, 0.25) is 0 Å². The van der Waals surface area contributed by atoms with Crippen molar-refractivity contribution in [2.24, 2.45) is 0 Å². The van der Waals surface area contributed by atoms with Crippen LogP contribution in [0.3, 0.4) is 0 Å². The molecule has 66 valence electrons. The number of aromatic amines is 1. The second kappa shape index (κ2) is 3.10. The molecule has 13 heavy (non-hydrogen) atoms. The van der Waals surface area contributed by atoms with Crippen molar-refractivity contribution in [3.05, 3.63) is 24.8 Å². The van der Waals surface area contributed by atoms with Gasteiger partial charge in [-0.25, -0.2) is 9.97 Å². The van der Waals surface area contributed by atoms with Crippen molar-refractivity contribution in [2.45, 2.75) is 0 Å². The SMILES string of the molecule is Nc1cc(Nc2cn[nH]c2)ncn1. The maximum Gasteiger partial charge on any atom is 0.135 e. The van der Waals surface area contributed by atoms with Crippen LogP contribution >= 0.6 is 0 Å². The minimum absolute atomic E-state index is 0.431. The fourth-order valence-corrected chi connectivity index (χ4v) is 0.908. The highest BCUT2D eigenvalue weighted by atomic mass is 15.1. The molecule has 0 fully saturated rings. The molecular weight excluding hydrogens is 168 g/mol. The molecule has 0 aliphatic carbocycles. The van der Waals surface area contributed by atoms with Crippen LogP contribution in [0, 0.1) is 0 Å². The average molecular weight is 176 g/mol. The number of nitrogens with one attached hydrogen (secondary N) is 2. The van der Waals surface area contributed by atoms with Gasteiger partial charge in [-0.2, -0.15) is 5.10 Å². The minimum atomic E-state index is 0.431. The number of anilines is 3. The van der Waals surface area contributed by atoms with E-state index < -0.39 is 0 Å². The van der Waals surface area contributed by atoms with Crippen LogP contribution in [-0.2, 0) is 0 Å². The maximum atomic E-state index is 5.47. The Morgan fingerprint density at radius 1 is 1.38 bits per heavy atom. The molecule has 2 rings (SSSR count). The number of hydrogen-bond donors (Lipinski definition) is 3. The third-order valence-corrected chi connectivity index (χ3v) is 1.46. The van der Waals surface area contributed by atoms with Crippen molar-refractivity contribution in [1.82, 2.24) is 20.2 Å². The van der Waals surface area contributed by atoms with Crippen LogP contribution in [-0.4, -0.2) is 20.2 Å². The summed E-state index contributed by atoms with van der Waals surface area (Å²) in [5.74, 6) is 1.08. The summed E-state index contributed by atoms with van der Waals surface area (Å²) in [6.45, 7) is 0.